The quantitative estimate of drug-likeness (QED) is 0.798. The van der Waals surface area contributed by atoms with Crippen LogP contribution in [0.3, 0.4) is 0 Å². The van der Waals surface area contributed by atoms with Gasteiger partial charge in [0.15, 0.2) is 0 Å². The molecule has 0 atom stereocenters. The Balaban J connectivity index is 2.77. The van der Waals surface area contributed by atoms with Crippen LogP contribution in [0.25, 0.3) is 0 Å². The van der Waals surface area contributed by atoms with Gasteiger partial charge in [-0.1, -0.05) is 27.2 Å². The summed E-state index contributed by atoms with van der Waals surface area (Å²) in [5.74, 6) is 0.313. The molecule has 100 valence electrons. The van der Waals surface area contributed by atoms with E-state index in [2.05, 4.69) is 26.1 Å². The Labute approximate surface area is 109 Å². The van der Waals surface area contributed by atoms with E-state index in [1.54, 1.807) is 12.1 Å². The minimum atomic E-state index is 0.0189. The number of carbonyl (C=O) groups is 1. The third-order valence-electron chi connectivity index (χ3n) is 3.37. The van der Waals surface area contributed by atoms with Crippen molar-refractivity contribution in [3.8, 4) is 5.75 Å². The SMILES string of the molecule is CCC(C)(C)CC(=O)Nc1cc(C)c(O)c(C)c1. The molecule has 0 heterocycles. The molecule has 0 spiro atoms. The molecule has 1 amide bonds. The molecule has 0 aliphatic rings. The second-order valence-electron chi connectivity index (χ2n) is 5.70. The molecule has 1 aromatic carbocycles. The van der Waals surface area contributed by atoms with Crippen molar-refractivity contribution in [2.45, 2.75) is 47.5 Å². The van der Waals surface area contributed by atoms with Crippen LogP contribution in [0.4, 0.5) is 5.69 Å². The standard InChI is InChI=1S/C15H23NO2/c1-6-15(4,5)9-13(17)16-12-7-10(2)14(18)11(3)8-12/h7-8,18H,6,9H2,1-5H3,(H,16,17). The van der Waals surface area contributed by atoms with Gasteiger partial charge < -0.3 is 10.4 Å². The molecule has 0 aliphatic carbocycles. The number of phenols is 1. The summed E-state index contributed by atoms with van der Waals surface area (Å²) >= 11 is 0. The highest BCUT2D eigenvalue weighted by Gasteiger charge is 2.19. The summed E-state index contributed by atoms with van der Waals surface area (Å²) in [6.07, 6.45) is 1.47. The molecule has 0 radical (unpaired) electrons. The van der Waals surface area contributed by atoms with E-state index in [0.717, 1.165) is 23.2 Å². The van der Waals surface area contributed by atoms with Gasteiger partial charge in [-0.15, -0.1) is 0 Å². The van der Waals surface area contributed by atoms with Crippen LogP contribution in [0.5, 0.6) is 5.75 Å². The van der Waals surface area contributed by atoms with Crippen LogP contribution in [-0.2, 0) is 4.79 Å². The Bertz CT molecular complexity index is 427. The number of phenolic OH excluding ortho intramolecular Hbond substituents is 1. The number of amides is 1. The van der Waals surface area contributed by atoms with E-state index in [-0.39, 0.29) is 11.3 Å². The average Bonchev–Trinajstić information content (AvgIpc) is 2.25. The predicted molar refractivity (Wildman–Crippen MR) is 74.9 cm³/mol. The molecule has 0 bridgehead atoms. The first kappa shape index (κ1) is 14.6. The molecule has 0 aromatic heterocycles. The number of nitrogens with one attached hydrogen (secondary N) is 1. The highest BCUT2D eigenvalue weighted by Crippen LogP contribution is 2.27. The summed E-state index contributed by atoms with van der Waals surface area (Å²) in [6, 6.07) is 3.58. The Morgan fingerprint density at radius 2 is 1.78 bits per heavy atom. The molecule has 2 N–H and O–H groups in total. The zero-order valence-corrected chi connectivity index (χ0v) is 11.9. The second kappa shape index (κ2) is 5.42. The largest absolute Gasteiger partial charge is 0.507 e. The third-order valence-corrected chi connectivity index (χ3v) is 3.37. The number of carbonyl (C=O) groups excluding carboxylic acids is 1. The van der Waals surface area contributed by atoms with Crippen LogP contribution in [0.2, 0.25) is 0 Å². The monoisotopic (exact) mass is 249 g/mol. The zero-order chi connectivity index (χ0) is 13.9. The minimum absolute atomic E-state index is 0.0189. The van der Waals surface area contributed by atoms with E-state index in [4.69, 9.17) is 0 Å². The van der Waals surface area contributed by atoms with Crippen molar-refractivity contribution >= 4 is 11.6 Å². The fourth-order valence-corrected chi connectivity index (χ4v) is 1.79. The van der Waals surface area contributed by atoms with Crippen molar-refractivity contribution in [3.63, 3.8) is 0 Å². The fourth-order valence-electron chi connectivity index (χ4n) is 1.79. The molecule has 3 nitrogen and oxygen atoms in total. The van der Waals surface area contributed by atoms with Crippen LogP contribution in [-0.4, -0.2) is 11.0 Å². The Kier molecular flexibility index (Phi) is 4.38. The van der Waals surface area contributed by atoms with Gasteiger partial charge in [0.1, 0.15) is 5.75 Å². The lowest BCUT2D eigenvalue weighted by atomic mass is 9.86. The van der Waals surface area contributed by atoms with Gasteiger partial charge in [-0.3, -0.25) is 4.79 Å². The van der Waals surface area contributed by atoms with Gasteiger partial charge in [-0.05, 0) is 42.5 Å². The molecular weight excluding hydrogens is 226 g/mol. The summed E-state index contributed by atoms with van der Waals surface area (Å²) in [7, 11) is 0. The molecule has 0 fully saturated rings. The van der Waals surface area contributed by atoms with Crippen molar-refractivity contribution in [2.75, 3.05) is 5.32 Å². The summed E-state index contributed by atoms with van der Waals surface area (Å²) in [4.78, 5) is 11.9. The molecule has 0 saturated heterocycles. The van der Waals surface area contributed by atoms with E-state index in [1.807, 2.05) is 13.8 Å². The van der Waals surface area contributed by atoms with E-state index in [1.165, 1.54) is 0 Å². The summed E-state index contributed by atoms with van der Waals surface area (Å²) in [5, 5.41) is 12.6. The lowest BCUT2D eigenvalue weighted by Crippen LogP contribution is -2.21. The topological polar surface area (TPSA) is 49.3 Å². The van der Waals surface area contributed by atoms with Gasteiger partial charge in [0, 0.05) is 12.1 Å². The summed E-state index contributed by atoms with van der Waals surface area (Å²) < 4.78 is 0. The summed E-state index contributed by atoms with van der Waals surface area (Å²) in [6.45, 7) is 9.91. The smallest absolute Gasteiger partial charge is 0.224 e. The van der Waals surface area contributed by atoms with Crippen LogP contribution in [0.1, 0.15) is 44.7 Å². The lowest BCUT2D eigenvalue weighted by Gasteiger charge is -2.21. The van der Waals surface area contributed by atoms with Gasteiger partial charge in [0.05, 0.1) is 0 Å². The maximum Gasteiger partial charge on any atom is 0.224 e. The first-order valence-corrected chi connectivity index (χ1v) is 6.35. The normalized spacial score (nSPS) is 11.4. The van der Waals surface area contributed by atoms with Crippen molar-refractivity contribution < 1.29 is 9.90 Å². The number of hydrogen-bond donors (Lipinski definition) is 2. The first-order chi connectivity index (χ1) is 8.25. The first-order valence-electron chi connectivity index (χ1n) is 6.35. The number of hydrogen-bond acceptors (Lipinski definition) is 2. The average molecular weight is 249 g/mol. The molecule has 0 saturated carbocycles. The molecular formula is C15H23NO2. The Morgan fingerprint density at radius 1 is 1.28 bits per heavy atom. The molecule has 0 aliphatic heterocycles. The van der Waals surface area contributed by atoms with Crippen molar-refractivity contribution in [1.29, 1.82) is 0 Å². The van der Waals surface area contributed by atoms with Gasteiger partial charge in [-0.25, -0.2) is 0 Å². The van der Waals surface area contributed by atoms with Gasteiger partial charge in [0.25, 0.3) is 0 Å². The number of rotatable bonds is 4. The number of anilines is 1. The van der Waals surface area contributed by atoms with Crippen LogP contribution in [0.15, 0.2) is 12.1 Å². The van der Waals surface area contributed by atoms with E-state index < -0.39 is 0 Å². The highest BCUT2D eigenvalue weighted by molar-refractivity contribution is 5.91. The molecule has 1 rings (SSSR count). The Morgan fingerprint density at radius 3 is 2.22 bits per heavy atom. The molecule has 3 heteroatoms. The third kappa shape index (κ3) is 3.76. The second-order valence-corrected chi connectivity index (χ2v) is 5.70. The number of benzene rings is 1. The zero-order valence-electron chi connectivity index (χ0n) is 11.9. The lowest BCUT2D eigenvalue weighted by molar-refractivity contribution is -0.118. The van der Waals surface area contributed by atoms with E-state index in [9.17, 15) is 9.90 Å². The van der Waals surface area contributed by atoms with Crippen LogP contribution in [0, 0.1) is 19.3 Å². The Hall–Kier alpha value is -1.51. The maximum absolute atomic E-state index is 11.9. The highest BCUT2D eigenvalue weighted by atomic mass is 16.3. The van der Waals surface area contributed by atoms with Gasteiger partial charge in [-0.2, -0.15) is 0 Å². The molecule has 18 heavy (non-hydrogen) atoms. The fraction of sp³-hybridized carbons (Fsp3) is 0.533. The van der Waals surface area contributed by atoms with E-state index >= 15 is 0 Å². The van der Waals surface area contributed by atoms with Crippen LogP contribution >= 0.6 is 0 Å². The van der Waals surface area contributed by atoms with Crippen molar-refractivity contribution in [3.05, 3.63) is 23.3 Å². The minimum Gasteiger partial charge on any atom is -0.507 e. The molecule has 1 aromatic rings. The van der Waals surface area contributed by atoms with Crippen LogP contribution < -0.4 is 5.32 Å². The van der Waals surface area contributed by atoms with E-state index in [0.29, 0.717) is 12.2 Å². The van der Waals surface area contributed by atoms with Crippen molar-refractivity contribution in [2.24, 2.45) is 5.41 Å². The predicted octanol–water partition coefficient (Wildman–Crippen LogP) is 3.77. The number of aromatic hydroxyl groups is 1. The maximum atomic E-state index is 11.9. The molecule has 0 unspecified atom stereocenters. The number of aryl methyl sites for hydroxylation is 2. The van der Waals surface area contributed by atoms with Gasteiger partial charge in [0.2, 0.25) is 5.91 Å². The van der Waals surface area contributed by atoms with Gasteiger partial charge >= 0.3 is 0 Å². The summed E-state index contributed by atoms with van der Waals surface area (Å²) in [5.41, 5.74) is 2.32. The van der Waals surface area contributed by atoms with Crippen molar-refractivity contribution in [1.82, 2.24) is 0 Å².